The number of benzene rings is 2. The van der Waals surface area contributed by atoms with Gasteiger partial charge in [-0.15, -0.1) is 0 Å². The molecule has 3 aromatic rings. The molecule has 7 nitrogen and oxygen atoms in total. The molecule has 0 unspecified atom stereocenters. The molecule has 9 heteroatoms. The Labute approximate surface area is 196 Å². The molecule has 0 saturated heterocycles. The van der Waals surface area contributed by atoms with Crippen LogP contribution in [0.5, 0.6) is 11.5 Å². The lowest BCUT2D eigenvalue weighted by Gasteiger charge is -2.15. The Morgan fingerprint density at radius 2 is 1.72 bits per heavy atom. The van der Waals surface area contributed by atoms with Crippen molar-refractivity contribution in [2.24, 2.45) is 9.98 Å². The summed E-state index contributed by atoms with van der Waals surface area (Å²) in [4.78, 5) is 12.9. The molecule has 0 bridgehead atoms. The molecule has 0 atom stereocenters. The number of nitrogens with one attached hydrogen (secondary N) is 1. The molecule has 0 radical (unpaired) electrons. The molecule has 3 rings (SSSR count). The summed E-state index contributed by atoms with van der Waals surface area (Å²) in [5.74, 6) is 1.62. The highest BCUT2D eigenvalue weighted by atomic mass is 35.5. The smallest absolute Gasteiger partial charge is 0.228 e. The van der Waals surface area contributed by atoms with Gasteiger partial charge in [0.25, 0.3) is 0 Å². The van der Waals surface area contributed by atoms with Gasteiger partial charge in [0.05, 0.1) is 35.6 Å². The quantitative estimate of drug-likeness (QED) is 0.267. The van der Waals surface area contributed by atoms with E-state index in [1.165, 1.54) is 14.2 Å². The van der Waals surface area contributed by atoms with Crippen molar-refractivity contribution in [1.82, 2.24) is 4.98 Å². The van der Waals surface area contributed by atoms with Gasteiger partial charge in [-0.25, -0.2) is 9.98 Å². The van der Waals surface area contributed by atoms with Crippen molar-refractivity contribution in [3.05, 3.63) is 57.7 Å². The molecular weight excluding hydrogens is 449 g/mol. The number of guanidine groups is 1. The lowest BCUT2D eigenvalue weighted by molar-refractivity contribution is 0.395. The first kappa shape index (κ1) is 23.4. The van der Waals surface area contributed by atoms with E-state index in [2.05, 4.69) is 27.0 Å². The van der Waals surface area contributed by atoms with E-state index in [0.717, 1.165) is 16.8 Å². The standard InChI is InChI=1S/C23H23Cl2N5O2/c1-12-7-6-8-15(26)21(12)29-23(27-3)30-22-13(2)9-14(11-28-22)18-19(24)16(31-4)10-17(32-5)20(18)25/h6-11H,3,26H2,1-2,4-5H3,(H,28,29,30). The Kier molecular flexibility index (Phi) is 7.22. The summed E-state index contributed by atoms with van der Waals surface area (Å²) in [7, 11) is 3.05. The topological polar surface area (TPSA) is 94.1 Å². The largest absolute Gasteiger partial charge is 0.495 e. The van der Waals surface area contributed by atoms with E-state index < -0.39 is 0 Å². The van der Waals surface area contributed by atoms with Crippen LogP contribution < -0.4 is 20.5 Å². The number of halogens is 2. The molecule has 3 N–H and O–H groups in total. The third-order valence-corrected chi connectivity index (χ3v) is 5.57. The number of ether oxygens (including phenoxy) is 2. The van der Waals surface area contributed by atoms with Crippen molar-refractivity contribution >= 4 is 53.1 Å². The number of nitrogens with two attached hydrogens (primary N) is 1. The van der Waals surface area contributed by atoms with Crippen LogP contribution in [0.2, 0.25) is 10.0 Å². The van der Waals surface area contributed by atoms with Crippen molar-refractivity contribution in [3.63, 3.8) is 0 Å². The van der Waals surface area contributed by atoms with E-state index in [1.54, 1.807) is 18.3 Å². The third kappa shape index (κ3) is 4.64. The first-order chi connectivity index (χ1) is 15.3. The van der Waals surface area contributed by atoms with Crippen LogP contribution in [0.15, 0.2) is 46.5 Å². The number of nitrogens with zero attached hydrogens (tertiary/aromatic N) is 3. The predicted octanol–water partition coefficient (Wildman–Crippen LogP) is 6.07. The van der Waals surface area contributed by atoms with Crippen LogP contribution in [0.25, 0.3) is 11.1 Å². The Hall–Kier alpha value is -3.29. The van der Waals surface area contributed by atoms with Gasteiger partial charge in [0.15, 0.2) is 5.82 Å². The Bertz CT molecular complexity index is 1160. The van der Waals surface area contributed by atoms with Crippen molar-refractivity contribution in [2.75, 3.05) is 25.3 Å². The molecule has 0 amide bonds. The van der Waals surface area contributed by atoms with E-state index in [-0.39, 0.29) is 5.96 Å². The van der Waals surface area contributed by atoms with Gasteiger partial charge >= 0.3 is 0 Å². The zero-order valence-corrected chi connectivity index (χ0v) is 19.7. The van der Waals surface area contributed by atoms with E-state index >= 15 is 0 Å². The minimum absolute atomic E-state index is 0.272. The fraction of sp³-hybridized carbons (Fsp3) is 0.174. The van der Waals surface area contributed by atoms with Crippen LogP contribution in [-0.4, -0.2) is 31.9 Å². The highest BCUT2D eigenvalue weighted by Crippen LogP contribution is 2.46. The van der Waals surface area contributed by atoms with Crippen molar-refractivity contribution < 1.29 is 9.47 Å². The maximum atomic E-state index is 6.53. The zero-order chi connectivity index (χ0) is 23.4. The second kappa shape index (κ2) is 9.89. The number of hydrogen-bond donors (Lipinski definition) is 2. The van der Waals surface area contributed by atoms with E-state index in [1.807, 2.05) is 32.0 Å². The lowest BCUT2D eigenvalue weighted by atomic mass is 10.0. The number of aliphatic imine (C=N–C) groups is 2. The number of aromatic nitrogens is 1. The number of methoxy groups -OCH3 is 2. The highest BCUT2D eigenvalue weighted by Gasteiger charge is 2.19. The first-order valence-corrected chi connectivity index (χ1v) is 10.3. The number of aryl methyl sites for hydroxylation is 2. The summed E-state index contributed by atoms with van der Waals surface area (Å²) in [6.07, 6.45) is 1.63. The van der Waals surface area contributed by atoms with Gasteiger partial charge in [0, 0.05) is 23.4 Å². The Morgan fingerprint density at radius 1 is 1.06 bits per heavy atom. The highest BCUT2D eigenvalue weighted by molar-refractivity contribution is 6.41. The first-order valence-electron chi connectivity index (χ1n) is 9.55. The maximum absolute atomic E-state index is 6.53. The molecule has 0 aliphatic rings. The summed E-state index contributed by atoms with van der Waals surface area (Å²) in [6, 6.07) is 9.12. The Morgan fingerprint density at radius 3 is 2.25 bits per heavy atom. The summed E-state index contributed by atoms with van der Waals surface area (Å²) >= 11 is 13.1. The van der Waals surface area contributed by atoms with Crippen LogP contribution in [0, 0.1) is 13.8 Å². The minimum atomic E-state index is 0.272. The van der Waals surface area contributed by atoms with E-state index in [0.29, 0.717) is 44.2 Å². The van der Waals surface area contributed by atoms with Crippen LogP contribution in [0.3, 0.4) is 0 Å². The molecule has 0 spiro atoms. The number of para-hydroxylation sites is 1. The number of pyridine rings is 1. The fourth-order valence-corrected chi connectivity index (χ4v) is 3.86. The molecule has 0 aliphatic heterocycles. The third-order valence-electron chi connectivity index (χ3n) is 4.82. The summed E-state index contributed by atoms with van der Waals surface area (Å²) in [5.41, 5.74) is 10.3. The molecular formula is C23H23Cl2N5O2. The number of rotatable bonds is 5. The number of anilines is 2. The molecule has 2 aromatic carbocycles. The second-order valence-electron chi connectivity index (χ2n) is 6.91. The summed E-state index contributed by atoms with van der Waals surface area (Å²) in [5, 5.41) is 3.84. The molecule has 0 aliphatic carbocycles. The van der Waals surface area contributed by atoms with Gasteiger partial charge in [0.2, 0.25) is 5.96 Å². The Balaban J connectivity index is 2.03. The monoisotopic (exact) mass is 471 g/mol. The molecule has 1 aromatic heterocycles. The van der Waals surface area contributed by atoms with Gasteiger partial charge in [-0.2, -0.15) is 4.99 Å². The number of nitrogen functional groups attached to an aromatic ring is 1. The van der Waals surface area contributed by atoms with Crippen molar-refractivity contribution in [1.29, 1.82) is 0 Å². The van der Waals surface area contributed by atoms with Gasteiger partial charge < -0.3 is 20.5 Å². The minimum Gasteiger partial charge on any atom is -0.495 e. The van der Waals surface area contributed by atoms with Crippen LogP contribution in [0.1, 0.15) is 11.1 Å². The lowest BCUT2D eigenvalue weighted by Crippen LogP contribution is -2.11. The molecule has 0 saturated carbocycles. The van der Waals surface area contributed by atoms with Gasteiger partial charge in [-0.3, -0.25) is 0 Å². The molecule has 32 heavy (non-hydrogen) atoms. The summed E-state index contributed by atoms with van der Waals surface area (Å²) in [6.45, 7) is 7.40. The van der Waals surface area contributed by atoms with Crippen molar-refractivity contribution in [2.45, 2.75) is 13.8 Å². The van der Waals surface area contributed by atoms with E-state index in [4.69, 9.17) is 38.4 Å². The fourth-order valence-electron chi connectivity index (χ4n) is 3.14. The maximum Gasteiger partial charge on any atom is 0.228 e. The number of hydrogen-bond acceptors (Lipinski definition) is 5. The van der Waals surface area contributed by atoms with Crippen molar-refractivity contribution in [3.8, 4) is 22.6 Å². The average molecular weight is 472 g/mol. The van der Waals surface area contributed by atoms with Crippen LogP contribution in [-0.2, 0) is 0 Å². The van der Waals surface area contributed by atoms with Gasteiger partial charge in [0.1, 0.15) is 11.5 Å². The van der Waals surface area contributed by atoms with Gasteiger partial charge in [-0.05, 0) is 43.8 Å². The zero-order valence-electron chi connectivity index (χ0n) is 18.2. The molecule has 1 heterocycles. The van der Waals surface area contributed by atoms with E-state index in [9.17, 15) is 0 Å². The summed E-state index contributed by atoms with van der Waals surface area (Å²) < 4.78 is 10.7. The second-order valence-corrected chi connectivity index (χ2v) is 7.66. The van der Waals surface area contributed by atoms with Crippen LogP contribution >= 0.6 is 23.2 Å². The van der Waals surface area contributed by atoms with Crippen LogP contribution in [0.4, 0.5) is 17.2 Å². The average Bonchev–Trinajstić information content (AvgIpc) is 2.77. The predicted molar refractivity (Wildman–Crippen MR) is 133 cm³/mol. The SMILES string of the molecule is C=NC(=Nc1ncc(-c2c(Cl)c(OC)cc(OC)c2Cl)cc1C)Nc1c(C)cccc1N. The van der Waals surface area contributed by atoms with Gasteiger partial charge in [-0.1, -0.05) is 35.3 Å². The molecule has 0 fully saturated rings. The normalized spacial score (nSPS) is 11.2. The molecule has 166 valence electrons.